The summed E-state index contributed by atoms with van der Waals surface area (Å²) in [7, 11) is 0. The van der Waals surface area contributed by atoms with Crippen LogP contribution in [0.4, 0.5) is 4.79 Å². The lowest BCUT2D eigenvalue weighted by Gasteiger charge is -2.22. The lowest BCUT2D eigenvalue weighted by Crippen LogP contribution is -2.55. The van der Waals surface area contributed by atoms with Gasteiger partial charge in [-0.3, -0.25) is 4.79 Å². The highest BCUT2D eigenvalue weighted by Gasteiger charge is 2.26. The van der Waals surface area contributed by atoms with Crippen molar-refractivity contribution in [1.29, 1.82) is 0 Å². The van der Waals surface area contributed by atoms with Crippen LogP contribution in [0.25, 0.3) is 0 Å². The molecule has 8 heteroatoms. The second-order valence-corrected chi connectivity index (χ2v) is 4.37. The summed E-state index contributed by atoms with van der Waals surface area (Å²) in [5.41, 5.74) is 3.92. The van der Waals surface area contributed by atoms with E-state index in [0.717, 1.165) is 0 Å². The third-order valence-corrected chi connectivity index (χ3v) is 2.34. The molecule has 1 aromatic heterocycles. The molecular formula is C11H15N3O5. The Bertz CT molecular complexity index is 506. The van der Waals surface area contributed by atoms with Crippen LogP contribution in [0.15, 0.2) is 16.5 Å². The maximum Gasteiger partial charge on any atom is 0.371 e. The second-order valence-electron chi connectivity index (χ2n) is 4.37. The molecule has 0 aliphatic rings. The van der Waals surface area contributed by atoms with Crippen LogP contribution >= 0.6 is 0 Å². The zero-order valence-corrected chi connectivity index (χ0v) is 10.5. The normalized spacial score (nSPS) is 10.8. The van der Waals surface area contributed by atoms with Crippen molar-refractivity contribution < 1.29 is 23.9 Å². The Labute approximate surface area is 108 Å². The molecule has 5 N–H and O–H groups in total. The van der Waals surface area contributed by atoms with Crippen molar-refractivity contribution >= 4 is 17.9 Å². The van der Waals surface area contributed by atoms with E-state index in [2.05, 4.69) is 10.6 Å². The van der Waals surface area contributed by atoms with Crippen LogP contribution in [0.1, 0.15) is 30.2 Å². The van der Waals surface area contributed by atoms with Crippen molar-refractivity contribution in [1.82, 2.24) is 10.6 Å². The van der Waals surface area contributed by atoms with Crippen molar-refractivity contribution in [2.24, 2.45) is 5.73 Å². The molecule has 0 bridgehead atoms. The van der Waals surface area contributed by atoms with E-state index in [9.17, 15) is 14.4 Å². The molecule has 19 heavy (non-hydrogen) atoms. The highest BCUT2D eigenvalue weighted by Crippen LogP contribution is 2.07. The van der Waals surface area contributed by atoms with E-state index in [4.69, 9.17) is 15.3 Å². The van der Waals surface area contributed by atoms with Gasteiger partial charge >= 0.3 is 12.0 Å². The van der Waals surface area contributed by atoms with Gasteiger partial charge in [-0.15, -0.1) is 0 Å². The molecule has 1 heterocycles. The molecule has 0 unspecified atom stereocenters. The van der Waals surface area contributed by atoms with Gasteiger partial charge in [-0.25, -0.2) is 9.59 Å². The van der Waals surface area contributed by atoms with E-state index in [0.29, 0.717) is 0 Å². The molecule has 0 spiro atoms. The molecule has 1 rings (SSSR count). The third-order valence-electron chi connectivity index (χ3n) is 2.34. The highest BCUT2D eigenvalue weighted by molar-refractivity contribution is 5.89. The number of nitrogens with two attached hydrogens (primary N) is 1. The van der Waals surface area contributed by atoms with Crippen molar-refractivity contribution in [3.05, 3.63) is 23.7 Å². The molecule has 1 aromatic rings. The number of carbonyl (C=O) groups is 3. The van der Waals surface area contributed by atoms with Gasteiger partial charge in [-0.2, -0.15) is 0 Å². The lowest BCUT2D eigenvalue weighted by atomic mass is 10.1. The molecule has 0 aliphatic heterocycles. The second kappa shape index (κ2) is 5.42. The zero-order valence-electron chi connectivity index (χ0n) is 10.5. The number of furan rings is 1. The predicted molar refractivity (Wildman–Crippen MR) is 64.3 cm³/mol. The van der Waals surface area contributed by atoms with Crippen LogP contribution in [-0.2, 0) is 11.3 Å². The van der Waals surface area contributed by atoms with Gasteiger partial charge in [-0.05, 0) is 26.0 Å². The number of urea groups is 1. The Morgan fingerprint density at radius 3 is 2.47 bits per heavy atom. The van der Waals surface area contributed by atoms with Gasteiger partial charge in [0.15, 0.2) is 0 Å². The van der Waals surface area contributed by atoms with Crippen LogP contribution < -0.4 is 16.4 Å². The van der Waals surface area contributed by atoms with Crippen molar-refractivity contribution in [2.45, 2.75) is 25.9 Å². The number of amides is 3. The first-order chi connectivity index (χ1) is 8.72. The largest absolute Gasteiger partial charge is 0.475 e. The first-order valence-electron chi connectivity index (χ1n) is 5.40. The smallest absolute Gasteiger partial charge is 0.371 e. The van der Waals surface area contributed by atoms with Gasteiger partial charge in [0.1, 0.15) is 11.3 Å². The van der Waals surface area contributed by atoms with Crippen molar-refractivity contribution in [3.63, 3.8) is 0 Å². The van der Waals surface area contributed by atoms with Gasteiger partial charge in [0.25, 0.3) is 0 Å². The average molecular weight is 269 g/mol. The van der Waals surface area contributed by atoms with Crippen molar-refractivity contribution in [2.75, 3.05) is 0 Å². The summed E-state index contributed by atoms with van der Waals surface area (Å²) in [5, 5.41) is 13.4. The fourth-order valence-corrected chi connectivity index (χ4v) is 1.14. The molecule has 0 atom stereocenters. The quantitative estimate of drug-likeness (QED) is 0.598. The number of rotatable bonds is 5. The molecule has 104 valence electrons. The predicted octanol–water partition coefficient (Wildman–Crippen LogP) is 0.0409. The Balaban J connectivity index is 2.50. The molecule has 0 saturated heterocycles. The van der Waals surface area contributed by atoms with Crippen LogP contribution in [0.3, 0.4) is 0 Å². The number of carbonyl (C=O) groups excluding carboxylic acids is 2. The highest BCUT2D eigenvalue weighted by atomic mass is 16.4. The fourth-order valence-electron chi connectivity index (χ4n) is 1.14. The summed E-state index contributed by atoms with van der Waals surface area (Å²) in [6, 6.07) is 2.10. The number of hydrogen-bond acceptors (Lipinski definition) is 4. The maximum atomic E-state index is 11.5. The standard InChI is InChI=1S/C11H15N3O5/c1-11(2,9(12)17)14-10(18)13-5-6-3-4-7(19-6)8(15)16/h3-4H,5H2,1-2H3,(H2,12,17)(H,15,16)(H2,13,14,18). The number of primary amides is 1. The summed E-state index contributed by atoms with van der Waals surface area (Å²) < 4.78 is 4.94. The lowest BCUT2D eigenvalue weighted by molar-refractivity contribution is -0.122. The van der Waals surface area contributed by atoms with Gasteiger partial charge in [-0.1, -0.05) is 0 Å². The van der Waals surface area contributed by atoms with E-state index in [1.807, 2.05) is 0 Å². The molecule has 0 fully saturated rings. The molecule has 3 amide bonds. The molecule has 0 aliphatic carbocycles. The van der Waals surface area contributed by atoms with Crippen LogP contribution in [-0.4, -0.2) is 28.6 Å². The number of aromatic carboxylic acids is 1. The van der Waals surface area contributed by atoms with E-state index in [1.54, 1.807) is 0 Å². The van der Waals surface area contributed by atoms with Crippen LogP contribution in [0.5, 0.6) is 0 Å². The minimum Gasteiger partial charge on any atom is -0.475 e. The maximum absolute atomic E-state index is 11.5. The van der Waals surface area contributed by atoms with Crippen LogP contribution in [0.2, 0.25) is 0 Å². The Morgan fingerprint density at radius 1 is 1.37 bits per heavy atom. The summed E-state index contributed by atoms with van der Waals surface area (Å²) >= 11 is 0. The van der Waals surface area contributed by atoms with Gasteiger partial charge in [0.2, 0.25) is 11.7 Å². The summed E-state index contributed by atoms with van der Waals surface area (Å²) in [6.07, 6.45) is 0. The first-order valence-corrected chi connectivity index (χ1v) is 5.40. The molecule has 0 saturated carbocycles. The van der Waals surface area contributed by atoms with E-state index >= 15 is 0 Å². The summed E-state index contributed by atoms with van der Waals surface area (Å²) in [6.45, 7) is 2.92. The SMILES string of the molecule is CC(C)(NC(=O)NCc1ccc(C(=O)O)o1)C(N)=O. The van der Waals surface area contributed by atoms with Gasteiger partial charge in [0, 0.05) is 0 Å². The monoisotopic (exact) mass is 269 g/mol. The number of carboxylic acids is 1. The van der Waals surface area contributed by atoms with Crippen LogP contribution in [0, 0.1) is 0 Å². The average Bonchev–Trinajstić information content (AvgIpc) is 2.74. The van der Waals surface area contributed by atoms with Gasteiger partial charge in [0.05, 0.1) is 6.54 Å². The molecule has 0 aromatic carbocycles. The Hall–Kier alpha value is -2.51. The number of nitrogens with one attached hydrogen (secondary N) is 2. The Morgan fingerprint density at radius 2 is 2.00 bits per heavy atom. The summed E-state index contributed by atoms with van der Waals surface area (Å²) in [4.78, 5) is 33.1. The first kappa shape index (κ1) is 14.6. The van der Waals surface area contributed by atoms with Crippen molar-refractivity contribution in [3.8, 4) is 0 Å². The molecule has 0 radical (unpaired) electrons. The number of carboxylic acid groups (broad SMARTS) is 1. The molecular weight excluding hydrogens is 254 g/mol. The van der Waals surface area contributed by atoms with E-state index in [1.165, 1.54) is 26.0 Å². The van der Waals surface area contributed by atoms with Gasteiger partial charge < -0.3 is 25.9 Å². The number of hydrogen-bond donors (Lipinski definition) is 4. The van der Waals surface area contributed by atoms with E-state index in [-0.39, 0.29) is 18.1 Å². The fraction of sp³-hybridized carbons (Fsp3) is 0.364. The zero-order chi connectivity index (χ0) is 14.6. The minimum atomic E-state index is -1.19. The Kier molecular flexibility index (Phi) is 4.15. The molecule has 8 nitrogen and oxygen atoms in total. The minimum absolute atomic E-state index is 0.00600. The summed E-state index contributed by atoms with van der Waals surface area (Å²) in [5.74, 6) is -1.79. The van der Waals surface area contributed by atoms with E-state index < -0.39 is 23.4 Å². The topological polar surface area (TPSA) is 135 Å². The third kappa shape index (κ3) is 4.02.